The highest BCUT2D eigenvalue weighted by atomic mass is 35.5. The van der Waals surface area contributed by atoms with Crippen LogP contribution in [-0.4, -0.2) is 22.6 Å². The fourth-order valence-electron chi connectivity index (χ4n) is 2.80. The highest BCUT2D eigenvalue weighted by molar-refractivity contribution is 6.30. The molecule has 2 heterocycles. The van der Waals surface area contributed by atoms with Gasteiger partial charge in [-0.25, -0.2) is 9.97 Å². The van der Waals surface area contributed by atoms with E-state index in [1.807, 2.05) is 24.3 Å². The lowest BCUT2D eigenvalue weighted by Gasteiger charge is -2.35. The van der Waals surface area contributed by atoms with E-state index >= 15 is 0 Å². The second kappa shape index (κ2) is 6.40. The van der Waals surface area contributed by atoms with Crippen LogP contribution in [0.2, 0.25) is 5.02 Å². The summed E-state index contributed by atoms with van der Waals surface area (Å²) in [5.41, 5.74) is 7.78. The van der Waals surface area contributed by atoms with E-state index in [1.165, 1.54) is 19.3 Å². The average Bonchev–Trinajstić information content (AvgIpc) is 2.52. The first-order chi connectivity index (χ1) is 10.6. The number of halogens is 1. The number of nitrogens with zero attached hydrogens (tertiary/aromatic N) is 3. The normalized spacial score (nSPS) is 18.3. The molecular formula is C16H20ClN5. The molecule has 1 aliphatic rings. The standard InChI is InChI=1S/C16H20ClN5/c1-11-4-2-3-9-22(11)16-14(18)15(19-10-20-16)21-13-7-5-12(17)6-8-13/h5-8,10-11H,2-4,9,18H2,1H3,(H,19,20,21). The first-order valence-electron chi connectivity index (χ1n) is 7.55. The van der Waals surface area contributed by atoms with Gasteiger partial charge in [-0.1, -0.05) is 11.6 Å². The molecular weight excluding hydrogens is 298 g/mol. The van der Waals surface area contributed by atoms with Crippen molar-refractivity contribution in [3.63, 3.8) is 0 Å². The van der Waals surface area contributed by atoms with Gasteiger partial charge in [-0.2, -0.15) is 0 Å². The first-order valence-corrected chi connectivity index (χ1v) is 7.92. The molecule has 1 aromatic carbocycles. The molecule has 0 aliphatic carbocycles. The van der Waals surface area contributed by atoms with Gasteiger partial charge in [-0.3, -0.25) is 0 Å². The minimum Gasteiger partial charge on any atom is -0.393 e. The van der Waals surface area contributed by atoms with Gasteiger partial charge in [0, 0.05) is 23.3 Å². The third kappa shape index (κ3) is 3.09. The van der Waals surface area contributed by atoms with Gasteiger partial charge in [0.05, 0.1) is 0 Å². The van der Waals surface area contributed by atoms with Gasteiger partial charge in [-0.05, 0) is 50.5 Å². The van der Waals surface area contributed by atoms with Crippen LogP contribution in [0.15, 0.2) is 30.6 Å². The molecule has 2 aromatic rings. The predicted molar refractivity (Wildman–Crippen MR) is 91.8 cm³/mol. The lowest BCUT2D eigenvalue weighted by molar-refractivity contribution is 0.481. The highest BCUT2D eigenvalue weighted by Crippen LogP contribution is 2.32. The first kappa shape index (κ1) is 14.9. The molecule has 1 aromatic heterocycles. The van der Waals surface area contributed by atoms with Crippen LogP contribution in [0.25, 0.3) is 0 Å². The molecule has 0 spiro atoms. The van der Waals surface area contributed by atoms with Gasteiger partial charge in [0.25, 0.3) is 0 Å². The van der Waals surface area contributed by atoms with E-state index in [2.05, 4.69) is 27.1 Å². The van der Waals surface area contributed by atoms with Crippen molar-refractivity contribution in [1.29, 1.82) is 0 Å². The fraction of sp³-hybridized carbons (Fsp3) is 0.375. The number of benzene rings is 1. The summed E-state index contributed by atoms with van der Waals surface area (Å²) >= 11 is 5.90. The van der Waals surface area contributed by atoms with Crippen molar-refractivity contribution >= 4 is 34.6 Å². The molecule has 116 valence electrons. The molecule has 1 atom stereocenters. The Morgan fingerprint density at radius 3 is 2.73 bits per heavy atom. The van der Waals surface area contributed by atoms with Crippen molar-refractivity contribution in [2.24, 2.45) is 0 Å². The van der Waals surface area contributed by atoms with Gasteiger partial charge >= 0.3 is 0 Å². The van der Waals surface area contributed by atoms with Crippen LogP contribution in [0, 0.1) is 0 Å². The summed E-state index contributed by atoms with van der Waals surface area (Å²) in [5, 5.41) is 3.93. The smallest absolute Gasteiger partial charge is 0.159 e. The molecule has 0 bridgehead atoms. The number of aromatic nitrogens is 2. The Morgan fingerprint density at radius 1 is 1.23 bits per heavy atom. The molecule has 6 heteroatoms. The number of nitrogens with two attached hydrogens (primary N) is 1. The number of anilines is 4. The Kier molecular flexibility index (Phi) is 4.34. The number of rotatable bonds is 3. The molecule has 0 radical (unpaired) electrons. The Balaban J connectivity index is 1.86. The summed E-state index contributed by atoms with van der Waals surface area (Å²) in [6, 6.07) is 7.90. The van der Waals surface area contributed by atoms with E-state index < -0.39 is 0 Å². The molecule has 5 nitrogen and oxygen atoms in total. The molecule has 0 amide bonds. The Labute approximate surface area is 135 Å². The van der Waals surface area contributed by atoms with Crippen LogP contribution < -0.4 is 16.0 Å². The number of nitrogen functional groups attached to an aromatic ring is 1. The number of piperidine rings is 1. The third-order valence-electron chi connectivity index (χ3n) is 4.04. The summed E-state index contributed by atoms with van der Waals surface area (Å²) < 4.78 is 0. The summed E-state index contributed by atoms with van der Waals surface area (Å²) in [6.45, 7) is 3.20. The molecule has 3 rings (SSSR count). The predicted octanol–water partition coefficient (Wildman–Crippen LogP) is 3.83. The summed E-state index contributed by atoms with van der Waals surface area (Å²) in [4.78, 5) is 10.9. The summed E-state index contributed by atoms with van der Waals surface area (Å²) in [5.74, 6) is 1.45. The quantitative estimate of drug-likeness (QED) is 0.900. The van der Waals surface area contributed by atoms with Crippen molar-refractivity contribution in [3.8, 4) is 0 Å². The van der Waals surface area contributed by atoms with Gasteiger partial charge in [0.1, 0.15) is 12.0 Å². The zero-order valence-electron chi connectivity index (χ0n) is 12.6. The third-order valence-corrected chi connectivity index (χ3v) is 4.30. The molecule has 0 saturated carbocycles. The minimum atomic E-state index is 0.453. The summed E-state index contributed by atoms with van der Waals surface area (Å²) in [6.07, 6.45) is 5.17. The van der Waals surface area contributed by atoms with Crippen LogP contribution in [0.1, 0.15) is 26.2 Å². The van der Waals surface area contributed by atoms with Crippen LogP contribution >= 0.6 is 11.6 Å². The van der Waals surface area contributed by atoms with Gasteiger partial charge in [-0.15, -0.1) is 0 Å². The molecule has 3 N–H and O–H groups in total. The number of hydrogen-bond acceptors (Lipinski definition) is 5. The largest absolute Gasteiger partial charge is 0.393 e. The van der Waals surface area contributed by atoms with E-state index in [9.17, 15) is 0 Å². The van der Waals surface area contributed by atoms with E-state index in [1.54, 1.807) is 6.33 Å². The topological polar surface area (TPSA) is 67.1 Å². The molecule has 22 heavy (non-hydrogen) atoms. The van der Waals surface area contributed by atoms with Crippen LogP contribution in [-0.2, 0) is 0 Å². The molecule has 1 aliphatic heterocycles. The van der Waals surface area contributed by atoms with Crippen LogP contribution in [0.4, 0.5) is 23.0 Å². The lowest BCUT2D eigenvalue weighted by Crippen LogP contribution is -2.38. The van der Waals surface area contributed by atoms with Crippen molar-refractivity contribution in [2.75, 3.05) is 22.5 Å². The van der Waals surface area contributed by atoms with Crippen LogP contribution in [0.5, 0.6) is 0 Å². The van der Waals surface area contributed by atoms with Gasteiger partial charge < -0.3 is 16.0 Å². The highest BCUT2D eigenvalue weighted by Gasteiger charge is 2.22. The van der Waals surface area contributed by atoms with Gasteiger partial charge in [0.15, 0.2) is 11.6 Å². The molecule has 1 saturated heterocycles. The lowest BCUT2D eigenvalue weighted by atomic mass is 10.0. The number of hydrogen-bond donors (Lipinski definition) is 2. The maximum Gasteiger partial charge on any atom is 0.159 e. The van der Waals surface area contributed by atoms with E-state index in [-0.39, 0.29) is 0 Å². The maximum atomic E-state index is 6.30. The van der Waals surface area contributed by atoms with Crippen molar-refractivity contribution in [1.82, 2.24) is 9.97 Å². The monoisotopic (exact) mass is 317 g/mol. The second-order valence-electron chi connectivity index (χ2n) is 5.63. The SMILES string of the molecule is CC1CCCCN1c1ncnc(Nc2ccc(Cl)cc2)c1N. The zero-order valence-corrected chi connectivity index (χ0v) is 13.3. The van der Waals surface area contributed by atoms with Gasteiger partial charge in [0.2, 0.25) is 0 Å². The van der Waals surface area contributed by atoms with E-state index in [4.69, 9.17) is 17.3 Å². The minimum absolute atomic E-state index is 0.453. The average molecular weight is 318 g/mol. The molecule has 1 unspecified atom stereocenters. The van der Waals surface area contributed by atoms with Crippen molar-refractivity contribution in [3.05, 3.63) is 35.6 Å². The van der Waals surface area contributed by atoms with E-state index in [0.717, 1.165) is 18.1 Å². The second-order valence-corrected chi connectivity index (χ2v) is 6.07. The van der Waals surface area contributed by atoms with Crippen molar-refractivity contribution in [2.45, 2.75) is 32.2 Å². The Hall–Kier alpha value is -2.01. The Bertz CT molecular complexity index is 643. The van der Waals surface area contributed by atoms with Crippen molar-refractivity contribution < 1.29 is 0 Å². The Morgan fingerprint density at radius 2 is 2.00 bits per heavy atom. The fourth-order valence-corrected chi connectivity index (χ4v) is 2.92. The maximum absolute atomic E-state index is 6.30. The summed E-state index contributed by atoms with van der Waals surface area (Å²) in [7, 11) is 0. The van der Waals surface area contributed by atoms with Crippen LogP contribution in [0.3, 0.4) is 0 Å². The number of nitrogens with one attached hydrogen (secondary N) is 1. The molecule has 1 fully saturated rings. The van der Waals surface area contributed by atoms with E-state index in [0.29, 0.717) is 22.6 Å². The zero-order chi connectivity index (χ0) is 15.5.